The fourth-order valence-corrected chi connectivity index (χ4v) is 4.46. The van der Waals surface area contributed by atoms with Crippen LogP contribution in [-0.2, 0) is 17.9 Å². The maximum absolute atomic E-state index is 12.9. The number of amides is 1. The van der Waals surface area contributed by atoms with Gasteiger partial charge in [-0.3, -0.25) is 19.4 Å². The standard InChI is InChI=1S/C26H33N5OS/c1-19(2)22-10-6-21(7-11-22)18-29-14-16-30(17-15-29)24(32)12-13-31-25(27-28-26(31)33)23-8-4-20(3)5-9-23/h4-11,19H,12-18H2,1-3H3,(H,28,33). The van der Waals surface area contributed by atoms with Gasteiger partial charge in [0.05, 0.1) is 0 Å². The van der Waals surface area contributed by atoms with E-state index < -0.39 is 0 Å². The highest BCUT2D eigenvalue weighted by atomic mass is 32.1. The summed E-state index contributed by atoms with van der Waals surface area (Å²) in [6.07, 6.45) is 0.420. The third-order valence-corrected chi connectivity index (χ3v) is 6.71. The molecule has 1 saturated heterocycles. The fraction of sp³-hybridized carbons (Fsp3) is 0.423. The number of hydrogen-bond donors (Lipinski definition) is 1. The van der Waals surface area contributed by atoms with Crippen molar-refractivity contribution in [1.82, 2.24) is 24.6 Å². The van der Waals surface area contributed by atoms with Crippen LogP contribution >= 0.6 is 12.2 Å². The summed E-state index contributed by atoms with van der Waals surface area (Å²) in [7, 11) is 0. The molecule has 1 fully saturated rings. The molecule has 0 aliphatic carbocycles. The minimum atomic E-state index is 0.175. The molecule has 2 aromatic carbocycles. The molecule has 6 nitrogen and oxygen atoms in total. The molecule has 1 aliphatic heterocycles. The molecule has 1 amide bonds. The predicted molar refractivity (Wildman–Crippen MR) is 135 cm³/mol. The van der Waals surface area contributed by atoms with Gasteiger partial charge < -0.3 is 4.90 Å². The van der Waals surface area contributed by atoms with Gasteiger partial charge in [-0.25, -0.2) is 0 Å². The number of hydrogen-bond acceptors (Lipinski definition) is 4. The molecule has 0 spiro atoms. The number of rotatable bonds is 7. The van der Waals surface area contributed by atoms with Crippen molar-refractivity contribution in [3.8, 4) is 11.4 Å². The van der Waals surface area contributed by atoms with Crippen LogP contribution in [0.1, 0.15) is 42.9 Å². The summed E-state index contributed by atoms with van der Waals surface area (Å²) in [5, 5.41) is 7.26. The van der Waals surface area contributed by atoms with E-state index in [1.807, 2.05) is 21.6 Å². The molecular weight excluding hydrogens is 430 g/mol. The summed E-state index contributed by atoms with van der Waals surface area (Å²) >= 11 is 5.42. The van der Waals surface area contributed by atoms with Crippen molar-refractivity contribution < 1.29 is 4.79 Å². The van der Waals surface area contributed by atoms with E-state index in [0.717, 1.165) is 44.1 Å². The first-order valence-electron chi connectivity index (χ1n) is 11.7. The second-order valence-corrected chi connectivity index (χ2v) is 9.56. The quantitative estimate of drug-likeness (QED) is 0.513. The zero-order valence-corrected chi connectivity index (χ0v) is 20.6. The SMILES string of the molecule is Cc1ccc(-c2n[nH]c(=S)n2CCC(=O)N2CCN(Cc3ccc(C(C)C)cc3)CC2)cc1. The Hall–Kier alpha value is -2.77. The Labute approximate surface area is 201 Å². The van der Waals surface area contributed by atoms with Gasteiger partial charge in [-0.05, 0) is 36.2 Å². The number of aromatic amines is 1. The summed E-state index contributed by atoms with van der Waals surface area (Å²) in [6, 6.07) is 17.1. The second-order valence-electron chi connectivity index (χ2n) is 9.17. The number of aryl methyl sites for hydroxylation is 1. The molecule has 7 heteroatoms. The maximum atomic E-state index is 12.9. The van der Waals surface area contributed by atoms with Crippen LogP contribution < -0.4 is 0 Å². The van der Waals surface area contributed by atoms with Gasteiger partial charge in [-0.15, -0.1) is 0 Å². The van der Waals surface area contributed by atoms with Crippen molar-refractivity contribution >= 4 is 18.1 Å². The normalized spacial score (nSPS) is 14.7. The summed E-state index contributed by atoms with van der Waals surface area (Å²) in [4.78, 5) is 17.3. The number of aromatic nitrogens is 3. The molecule has 1 aliphatic rings. The molecule has 0 unspecified atom stereocenters. The molecular formula is C26H33N5OS. The Kier molecular flexibility index (Phi) is 7.40. The van der Waals surface area contributed by atoms with Crippen LogP contribution in [0.25, 0.3) is 11.4 Å². The lowest BCUT2D eigenvalue weighted by atomic mass is 10.0. The third-order valence-electron chi connectivity index (χ3n) is 6.39. The fourth-order valence-electron chi connectivity index (χ4n) is 4.24. The minimum Gasteiger partial charge on any atom is -0.340 e. The number of piperazine rings is 1. The first-order chi connectivity index (χ1) is 15.9. The van der Waals surface area contributed by atoms with Crippen molar-refractivity contribution in [3.63, 3.8) is 0 Å². The van der Waals surface area contributed by atoms with E-state index in [-0.39, 0.29) is 5.91 Å². The molecule has 4 rings (SSSR count). The van der Waals surface area contributed by atoms with Crippen molar-refractivity contribution in [2.75, 3.05) is 26.2 Å². The zero-order valence-electron chi connectivity index (χ0n) is 19.8. The van der Waals surface area contributed by atoms with E-state index in [4.69, 9.17) is 12.2 Å². The second kappa shape index (κ2) is 10.4. The number of benzene rings is 2. The lowest BCUT2D eigenvalue weighted by Gasteiger charge is -2.35. The van der Waals surface area contributed by atoms with Crippen LogP contribution in [0.15, 0.2) is 48.5 Å². The van der Waals surface area contributed by atoms with Crippen molar-refractivity contribution in [3.05, 3.63) is 70.0 Å². The molecule has 3 aromatic rings. The largest absolute Gasteiger partial charge is 0.340 e. The van der Waals surface area contributed by atoms with Gasteiger partial charge >= 0.3 is 0 Å². The molecule has 1 N–H and O–H groups in total. The van der Waals surface area contributed by atoms with E-state index in [1.165, 1.54) is 16.7 Å². The molecule has 174 valence electrons. The molecule has 0 atom stereocenters. The van der Waals surface area contributed by atoms with Crippen LogP contribution in [0.4, 0.5) is 0 Å². The van der Waals surface area contributed by atoms with Gasteiger partial charge in [-0.1, -0.05) is 67.9 Å². The first kappa shape index (κ1) is 23.4. The number of nitrogens with one attached hydrogen (secondary N) is 1. The Balaban J connectivity index is 1.29. The number of carbonyl (C=O) groups is 1. The highest BCUT2D eigenvalue weighted by Crippen LogP contribution is 2.19. The van der Waals surface area contributed by atoms with E-state index in [9.17, 15) is 4.79 Å². The molecule has 0 radical (unpaired) electrons. The van der Waals surface area contributed by atoms with Crippen LogP contribution in [0.5, 0.6) is 0 Å². The van der Waals surface area contributed by atoms with E-state index in [0.29, 0.717) is 23.7 Å². The van der Waals surface area contributed by atoms with Gasteiger partial charge in [0.1, 0.15) is 0 Å². The summed E-state index contributed by atoms with van der Waals surface area (Å²) in [5.41, 5.74) is 4.89. The van der Waals surface area contributed by atoms with Gasteiger partial charge in [0.25, 0.3) is 0 Å². The topological polar surface area (TPSA) is 57.2 Å². The average Bonchev–Trinajstić information content (AvgIpc) is 3.19. The van der Waals surface area contributed by atoms with Gasteiger partial charge in [0.15, 0.2) is 10.6 Å². The highest BCUT2D eigenvalue weighted by Gasteiger charge is 2.21. The average molecular weight is 464 g/mol. The van der Waals surface area contributed by atoms with Crippen molar-refractivity contribution in [1.29, 1.82) is 0 Å². The van der Waals surface area contributed by atoms with Crippen molar-refractivity contribution in [2.45, 2.75) is 46.2 Å². The summed E-state index contributed by atoms with van der Waals surface area (Å²) in [5.74, 6) is 1.51. The number of carbonyl (C=O) groups excluding carboxylic acids is 1. The van der Waals surface area contributed by atoms with E-state index in [1.54, 1.807) is 0 Å². The maximum Gasteiger partial charge on any atom is 0.224 e. The van der Waals surface area contributed by atoms with Gasteiger partial charge in [0.2, 0.25) is 5.91 Å². The lowest BCUT2D eigenvalue weighted by molar-refractivity contribution is -0.133. The number of nitrogens with zero attached hydrogens (tertiary/aromatic N) is 4. The molecule has 0 bridgehead atoms. The van der Waals surface area contributed by atoms with Gasteiger partial charge in [0, 0.05) is 51.3 Å². The minimum absolute atomic E-state index is 0.175. The highest BCUT2D eigenvalue weighted by molar-refractivity contribution is 7.71. The summed E-state index contributed by atoms with van der Waals surface area (Å²) < 4.78 is 2.47. The number of H-pyrrole nitrogens is 1. The Bertz CT molecular complexity index is 1120. The van der Waals surface area contributed by atoms with Crippen LogP contribution in [0, 0.1) is 11.7 Å². The Morgan fingerprint density at radius 1 is 1.03 bits per heavy atom. The monoisotopic (exact) mass is 463 g/mol. The summed E-state index contributed by atoms with van der Waals surface area (Å²) in [6.45, 7) is 11.3. The van der Waals surface area contributed by atoms with E-state index in [2.05, 4.69) is 72.3 Å². The van der Waals surface area contributed by atoms with Crippen LogP contribution in [0.2, 0.25) is 0 Å². The smallest absolute Gasteiger partial charge is 0.224 e. The van der Waals surface area contributed by atoms with Crippen LogP contribution in [-0.4, -0.2) is 56.7 Å². The third kappa shape index (κ3) is 5.78. The molecule has 0 saturated carbocycles. The zero-order chi connectivity index (χ0) is 23.4. The molecule has 2 heterocycles. The van der Waals surface area contributed by atoms with E-state index >= 15 is 0 Å². The predicted octanol–water partition coefficient (Wildman–Crippen LogP) is 4.77. The van der Waals surface area contributed by atoms with Crippen molar-refractivity contribution in [2.24, 2.45) is 0 Å². The van der Waals surface area contributed by atoms with Gasteiger partial charge in [-0.2, -0.15) is 5.10 Å². The Morgan fingerprint density at radius 2 is 1.70 bits per heavy atom. The van der Waals surface area contributed by atoms with Crippen LogP contribution in [0.3, 0.4) is 0 Å². The molecule has 1 aromatic heterocycles. The lowest BCUT2D eigenvalue weighted by Crippen LogP contribution is -2.48. The first-order valence-corrected chi connectivity index (χ1v) is 12.1. The molecule has 33 heavy (non-hydrogen) atoms. The Morgan fingerprint density at radius 3 is 2.33 bits per heavy atom.